The lowest BCUT2D eigenvalue weighted by Gasteiger charge is -2.25. The molecule has 1 heterocycles. The molecular formula is C29H39N7O2. The third-order valence-electron chi connectivity index (χ3n) is 6.70. The van der Waals surface area contributed by atoms with Crippen LogP contribution in [-0.2, 0) is 4.79 Å². The molecule has 202 valence electrons. The molecule has 9 nitrogen and oxygen atoms in total. The predicted octanol–water partition coefficient (Wildman–Crippen LogP) is 6.08. The van der Waals surface area contributed by atoms with Crippen LogP contribution in [0.2, 0.25) is 0 Å². The van der Waals surface area contributed by atoms with Crippen LogP contribution in [0.4, 0.5) is 5.82 Å². The summed E-state index contributed by atoms with van der Waals surface area (Å²) in [5.41, 5.74) is 3.61. The fraction of sp³-hybridized carbons (Fsp3) is 0.448. The Morgan fingerprint density at radius 1 is 1.24 bits per heavy atom. The van der Waals surface area contributed by atoms with Crippen molar-refractivity contribution >= 4 is 29.7 Å². The molecule has 0 aromatic carbocycles. The average Bonchev–Trinajstić information content (AvgIpc) is 3.22. The molecule has 9 heteroatoms. The second-order valence-corrected chi connectivity index (χ2v) is 9.64. The Kier molecular flexibility index (Phi) is 11.1. The molecule has 0 amide bonds. The summed E-state index contributed by atoms with van der Waals surface area (Å²) in [5.74, 6) is 1.33. The summed E-state index contributed by atoms with van der Waals surface area (Å²) in [6.45, 7) is 6.24. The van der Waals surface area contributed by atoms with E-state index in [2.05, 4.69) is 57.9 Å². The molecule has 0 atom stereocenters. The first kappa shape index (κ1) is 28.7. The number of Topliss-reactive ketones (excluding diaryl/α,β-unsaturated/α-hetero) is 1. The molecule has 0 aliphatic heterocycles. The van der Waals surface area contributed by atoms with Crippen LogP contribution < -0.4 is 5.32 Å². The fourth-order valence-electron chi connectivity index (χ4n) is 4.58. The van der Waals surface area contributed by atoms with Gasteiger partial charge in [0.2, 0.25) is 0 Å². The van der Waals surface area contributed by atoms with Crippen LogP contribution in [0.25, 0.3) is 5.70 Å². The lowest BCUT2D eigenvalue weighted by atomic mass is 9.80. The van der Waals surface area contributed by atoms with Crippen molar-refractivity contribution in [2.75, 3.05) is 25.5 Å². The van der Waals surface area contributed by atoms with Crippen molar-refractivity contribution in [1.82, 2.24) is 14.8 Å². The molecule has 1 N–H and O–H groups in total. The molecule has 1 fully saturated rings. The van der Waals surface area contributed by atoms with Gasteiger partial charge in [-0.15, -0.1) is 0 Å². The number of hydrogen-bond donors (Lipinski definition) is 1. The number of nitroso groups, excluding NO2 is 1. The maximum atomic E-state index is 13.2. The number of allylic oxidation sites excluding steroid dienone is 7. The summed E-state index contributed by atoms with van der Waals surface area (Å²) in [7, 11) is 1.80. The molecule has 0 bridgehead atoms. The molecule has 0 unspecified atom stereocenters. The van der Waals surface area contributed by atoms with Crippen molar-refractivity contribution in [2.24, 2.45) is 21.2 Å². The van der Waals surface area contributed by atoms with Crippen molar-refractivity contribution in [1.29, 1.82) is 0 Å². The van der Waals surface area contributed by atoms with E-state index in [9.17, 15) is 9.70 Å². The number of rotatable bonds is 12. The number of ketones is 1. The number of nitrogens with one attached hydrogen (secondary N) is 1. The molecule has 2 aliphatic rings. The van der Waals surface area contributed by atoms with Gasteiger partial charge < -0.3 is 5.32 Å². The van der Waals surface area contributed by atoms with E-state index in [1.165, 1.54) is 18.0 Å². The molecule has 0 radical (unpaired) electrons. The zero-order valence-electron chi connectivity index (χ0n) is 22.9. The first-order chi connectivity index (χ1) is 18.4. The molecule has 2 aliphatic carbocycles. The Morgan fingerprint density at radius 3 is 2.74 bits per heavy atom. The van der Waals surface area contributed by atoms with Crippen molar-refractivity contribution in [3.8, 4) is 0 Å². The van der Waals surface area contributed by atoms with E-state index in [0.717, 1.165) is 49.3 Å². The highest BCUT2D eigenvalue weighted by Gasteiger charge is 2.26. The van der Waals surface area contributed by atoms with E-state index in [-0.39, 0.29) is 12.3 Å². The smallest absolute Gasteiger partial charge is 0.185 e. The summed E-state index contributed by atoms with van der Waals surface area (Å²) in [5, 5.41) is 17.4. The van der Waals surface area contributed by atoms with Crippen LogP contribution in [0, 0.1) is 10.8 Å². The summed E-state index contributed by atoms with van der Waals surface area (Å²) < 4.78 is 1.92. The molecule has 0 spiro atoms. The van der Waals surface area contributed by atoms with Gasteiger partial charge in [0.15, 0.2) is 5.78 Å². The van der Waals surface area contributed by atoms with Gasteiger partial charge in [-0.05, 0) is 58.4 Å². The number of nitrogens with zero attached hydrogens (tertiary/aromatic N) is 6. The van der Waals surface area contributed by atoms with Gasteiger partial charge in [-0.25, -0.2) is 4.68 Å². The van der Waals surface area contributed by atoms with Crippen LogP contribution in [0.3, 0.4) is 0 Å². The Morgan fingerprint density at radius 2 is 2.03 bits per heavy atom. The lowest BCUT2D eigenvalue weighted by molar-refractivity contribution is -0.113. The standard InChI is InChI=1S/C29H39N7O2/c1-5-16-35(4)32-20-25(19-30-6-2)28(37)21-31-29-17-27(24-13-11-23(12-14-24)18-33-38)34-36(29)26-9-7-8-22(3)10-15-26/h5-8,10,15-17,19-20,23-24,31H,9,11-14,18,21H2,1-4H3/b16-5-,25-19-,30-6?,32-20-. The van der Waals surface area contributed by atoms with Gasteiger partial charge >= 0.3 is 0 Å². The normalized spacial score (nSPS) is 20.6. The maximum absolute atomic E-state index is 13.2. The molecule has 3 rings (SSSR count). The Balaban J connectivity index is 1.83. The highest BCUT2D eigenvalue weighted by Crippen LogP contribution is 2.37. The third-order valence-corrected chi connectivity index (χ3v) is 6.70. The van der Waals surface area contributed by atoms with Crippen molar-refractivity contribution in [3.63, 3.8) is 0 Å². The first-order valence-electron chi connectivity index (χ1n) is 13.2. The Bertz CT molecular complexity index is 1180. The number of hydrazone groups is 1. The first-order valence-corrected chi connectivity index (χ1v) is 13.2. The van der Waals surface area contributed by atoms with E-state index in [1.54, 1.807) is 31.4 Å². The van der Waals surface area contributed by atoms with E-state index in [0.29, 0.717) is 24.0 Å². The Labute approximate surface area is 225 Å². The SMILES string of the molecule is CC=N/C=C(/C=N\N(C)/C=C\C)C(=O)CNc1cc(C2CCC(CN=O)CC2)nn1C1=CC=C(C)C=CC1. The summed E-state index contributed by atoms with van der Waals surface area (Å²) in [6, 6.07) is 2.06. The second-order valence-electron chi connectivity index (χ2n) is 9.64. The van der Waals surface area contributed by atoms with Crippen LogP contribution in [-0.4, -0.2) is 53.1 Å². The van der Waals surface area contributed by atoms with E-state index in [4.69, 9.17) is 5.10 Å². The van der Waals surface area contributed by atoms with Gasteiger partial charge in [0.05, 0.1) is 30.6 Å². The second kappa shape index (κ2) is 14.8. The molecular weight excluding hydrogens is 478 g/mol. The molecule has 38 heavy (non-hydrogen) atoms. The number of aromatic nitrogens is 2. The monoisotopic (exact) mass is 517 g/mol. The van der Waals surface area contributed by atoms with E-state index in [1.807, 2.05) is 17.7 Å². The molecule has 1 aromatic heterocycles. The maximum Gasteiger partial charge on any atom is 0.185 e. The average molecular weight is 518 g/mol. The minimum atomic E-state index is -0.130. The third kappa shape index (κ3) is 8.33. The van der Waals surface area contributed by atoms with Gasteiger partial charge in [-0.1, -0.05) is 35.1 Å². The van der Waals surface area contributed by atoms with Crippen molar-refractivity contribution < 1.29 is 4.79 Å². The van der Waals surface area contributed by atoms with Crippen LogP contribution in [0.15, 0.2) is 75.3 Å². The highest BCUT2D eigenvalue weighted by molar-refractivity contribution is 6.14. The van der Waals surface area contributed by atoms with E-state index < -0.39 is 0 Å². The van der Waals surface area contributed by atoms with E-state index >= 15 is 0 Å². The van der Waals surface area contributed by atoms with Gasteiger partial charge in [-0.2, -0.15) is 15.1 Å². The summed E-state index contributed by atoms with van der Waals surface area (Å²) in [4.78, 5) is 28.0. The Hall–Kier alpha value is -3.88. The zero-order chi connectivity index (χ0) is 27.3. The van der Waals surface area contributed by atoms with Gasteiger partial charge in [0.1, 0.15) is 5.82 Å². The molecule has 0 saturated heterocycles. The minimum absolute atomic E-state index is 0.0747. The number of carbonyl (C=O) groups excluding carboxylic acids is 1. The minimum Gasteiger partial charge on any atom is -0.362 e. The van der Waals surface area contributed by atoms with Gasteiger partial charge in [-0.3, -0.25) is 14.8 Å². The number of hydrogen-bond acceptors (Lipinski definition) is 8. The highest BCUT2D eigenvalue weighted by atomic mass is 16.3. The quantitative estimate of drug-likeness (QED) is 0.157. The fourth-order valence-corrected chi connectivity index (χ4v) is 4.58. The van der Waals surface area contributed by atoms with Gasteiger partial charge in [0.25, 0.3) is 0 Å². The zero-order valence-corrected chi connectivity index (χ0v) is 22.9. The van der Waals surface area contributed by atoms with Crippen molar-refractivity contribution in [2.45, 2.75) is 58.8 Å². The van der Waals surface area contributed by atoms with Gasteiger partial charge in [0, 0.05) is 49.8 Å². The predicted molar refractivity (Wildman–Crippen MR) is 156 cm³/mol. The van der Waals surface area contributed by atoms with Crippen LogP contribution in [0.5, 0.6) is 0 Å². The molecule has 1 saturated carbocycles. The topological polar surface area (TPSA) is 104 Å². The number of carbonyl (C=O) groups is 1. The number of anilines is 1. The largest absolute Gasteiger partial charge is 0.362 e. The number of aliphatic imine (C=N–C) groups is 1. The van der Waals surface area contributed by atoms with Crippen LogP contribution >= 0.6 is 0 Å². The van der Waals surface area contributed by atoms with Crippen molar-refractivity contribution in [3.05, 3.63) is 70.6 Å². The summed E-state index contributed by atoms with van der Waals surface area (Å²) in [6.07, 6.45) is 21.4. The molecule has 1 aromatic rings. The summed E-state index contributed by atoms with van der Waals surface area (Å²) >= 11 is 0. The van der Waals surface area contributed by atoms with Crippen LogP contribution in [0.1, 0.15) is 64.5 Å². The lowest BCUT2D eigenvalue weighted by Crippen LogP contribution is -2.19.